The Morgan fingerprint density at radius 2 is 1.75 bits per heavy atom. The number of aromatic nitrogens is 4. The van der Waals surface area contributed by atoms with Crippen molar-refractivity contribution in [3.63, 3.8) is 0 Å². The zero-order valence-electron chi connectivity index (χ0n) is 18.9. The normalized spacial score (nSPS) is 29.2. The van der Waals surface area contributed by atoms with Crippen LogP contribution in [0.15, 0.2) is 42.7 Å². The molecule has 3 aromatic rings. The first-order valence-electron chi connectivity index (χ1n) is 11.9. The molecule has 2 bridgehead atoms. The molecule has 6 rings (SSSR count). The van der Waals surface area contributed by atoms with E-state index in [1.54, 1.807) is 12.3 Å². The second kappa shape index (κ2) is 7.06. The Hall–Kier alpha value is -2.89. The van der Waals surface area contributed by atoms with Crippen LogP contribution in [-0.4, -0.2) is 37.6 Å². The predicted molar refractivity (Wildman–Crippen MR) is 125 cm³/mol. The molecule has 0 aliphatic heterocycles. The van der Waals surface area contributed by atoms with E-state index in [0.717, 1.165) is 16.9 Å². The van der Waals surface area contributed by atoms with Gasteiger partial charge >= 0.3 is 0 Å². The number of hydrogen-bond acceptors (Lipinski definition) is 5. The molecular formula is C26H31N5O. The molecule has 1 unspecified atom stereocenters. The van der Waals surface area contributed by atoms with Gasteiger partial charge < -0.3 is 10.0 Å². The molecule has 3 aliphatic carbocycles. The summed E-state index contributed by atoms with van der Waals surface area (Å²) in [5.41, 5.74) is 4.20. The fraction of sp³-hybridized carbons (Fsp3) is 0.500. The van der Waals surface area contributed by atoms with Crippen LogP contribution in [0.25, 0.3) is 22.4 Å². The quantitative estimate of drug-likeness (QED) is 0.555. The Morgan fingerprint density at radius 1 is 0.969 bits per heavy atom. The van der Waals surface area contributed by atoms with Gasteiger partial charge in [0.25, 0.3) is 0 Å². The first kappa shape index (κ1) is 19.8. The van der Waals surface area contributed by atoms with E-state index in [2.05, 4.69) is 45.2 Å². The third-order valence-electron chi connectivity index (χ3n) is 8.00. The maximum absolute atomic E-state index is 10.6. The standard InChI is InChI=1S/C26H31N5O/c1-25-9-10-26(2,16-25)13-20(12-25)31(19-4-5-19)24-8-7-22(29-30-24)21-6-3-17(11-23(21)32)18-14-27-28-15-18/h3,6-8,11,14-15,19-20,32H,4-5,9-10,12-13,16H2,1-2H3,(H,27,28)/t20?,25-,26+. The van der Waals surface area contributed by atoms with Crippen molar-refractivity contribution in [3.05, 3.63) is 42.7 Å². The lowest BCUT2D eigenvalue weighted by molar-refractivity contribution is 0.145. The number of nitrogens with zero attached hydrogens (tertiary/aromatic N) is 4. The van der Waals surface area contributed by atoms with E-state index in [9.17, 15) is 5.11 Å². The Morgan fingerprint density at radius 3 is 2.34 bits per heavy atom. The zero-order chi connectivity index (χ0) is 21.9. The van der Waals surface area contributed by atoms with Crippen LogP contribution < -0.4 is 4.90 Å². The lowest BCUT2D eigenvalue weighted by Crippen LogP contribution is -2.46. The van der Waals surface area contributed by atoms with Crippen molar-refractivity contribution in [2.45, 2.75) is 70.9 Å². The second-order valence-corrected chi connectivity index (χ2v) is 11.0. The Bertz CT molecular complexity index is 1110. The number of aromatic amines is 1. The number of phenols is 1. The van der Waals surface area contributed by atoms with Gasteiger partial charge in [0.05, 0.1) is 11.9 Å². The number of anilines is 1. The fourth-order valence-electron chi connectivity index (χ4n) is 6.53. The third-order valence-corrected chi connectivity index (χ3v) is 8.00. The smallest absolute Gasteiger partial charge is 0.151 e. The minimum absolute atomic E-state index is 0.203. The Balaban J connectivity index is 1.27. The first-order valence-corrected chi connectivity index (χ1v) is 11.9. The minimum atomic E-state index is 0.203. The predicted octanol–water partition coefficient (Wildman–Crippen LogP) is 5.57. The molecule has 0 radical (unpaired) electrons. The van der Waals surface area contributed by atoms with Crippen LogP contribution in [-0.2, 0) is 0 Å². The first-order chi connectivity index (χ1) is 15.4. The molecule has 3 aliphatic rings. The number of rotatable bonds is 5. The molecule has 0 spiro atoms. The Labute approximate surface area is 189 Å². The number of nitrogens with one attached hydrogen (secondary N) is 1. The van der Waals surface area contributed by atoms with Gasteiger partial charge in [-0.2, -0.15) is 5.10 Å². The highest BCUT2D eigenvalue weighted by Crippen LogP contribution is 2.59. The van der Waals surface area contributed by atoms with E-state index in [1.807, 2.05) is 24.4 Å². The van der Waals surface area contributed by atoms with E-state index >= 15 is 0 Å². The van der Waals surface area contributed by atoms with E-state index in [4.69, 9.17) is 0 Å². The molecular weight excluding hydrogens is 398 g/mol. The molecule has 0 amide bonds. The summed E-state index contributed by atoms with van der Waals surface area (Å²) in [6, 6.07) is 10.9. The summed E-state index contributed by atoms with van der Waals surface area (Å²) in [6.45, 7) is 4.97. The van der Waals surface area contributed by atoms with Crippen molar-refractivity contribution < 1.29 is 5.11 Å². The Kier molecular flexibility index (Phi) is 4.36. The van der Waals surface area contributed by atoms with Crippen LogP contribution in [0, 0.1) is 10.8 Å². The summed E-state index contributed by atoms with van der Waals surface area (Å²) >= 11 is 0. The van der Waals surface area contributed by atoms with Crippen molar-refractivity contribution in [3.8, 4) is 28.1 Å². The topological polar surface area (TPSA) is 77.9 Å². The number of fused-ring (bicyclic) bond motifs is 2. The van der Waals surface area contributed by atoms with Gasteiger partial charge in [-0.1, -0.05) is 19.9 Å². The van der Waals surface area contributed by atoms with Gasteiger partial charge in [-0.15, -0.1) is 10.2 Å². The maximum atomic E-state index is 10.6. The summed E-state index contributed by atoms with van der Waals surface area (Å²) in [6.07, 6.45) is 12.7. The number of benzene rings is 1. The lowest BCUT2D eigenvalue weighted by atomic mass is 9.68. The molecule has 2 heterocycles. The van der Waals surface area contributed by atoms with Gasteiger partial charge in [-0.05, 0) is 85.6 Å². The SMILES string of the molecule is C[C@]12CC[C@](C)(CC(N(c3ccc(-c4ccc(-c5cn[nH]c5)cc4O)nn3)C3CC3)C1)C2. The van der Waals surface area contributed by atoms with Crippen LogP contribution in [0.3, 0.4) is 0 Å². The number of hydrogen-bond donors (Lipinski definition) is 2. The summed E-state index contributed by atoms with van der Waals surface area (Å²) in [5.74, 6) is 1.19. The summed E-state index contributed by atoms with van der Waals surface area (Å²) in [5, 5.41) is 26.6. The lowest BCUT2D eigenvalue weighted by Gasteiger charge is -2.45. The van der Waals surface area contributed by atoms with Crippen LogP contribution in [0.5, 0.6) is 5.75 Å². The van der Waals surface area contributed by atoms with Crippen molar-refractivity contribution in [2.75, 3.05) is 4.90 Å². The molecule has 1 aromatic carbocycles. The number of aromatic hydroxyl groups is 1. The summed E-state index contributed by atoms with van der Waals surface area (Å²) < 4.78 is 0. The van der Waals surface area contributed by atoms with Crippen molar-refractivity contribution in [2.24, 2.45) is 10.8 Å². The van der Waals surface area contributed by atoms with Crippen LogP contribution in [0.4, 0.5) is 5.82 Å². The molecule has 6 nitrogen and oxygen atoms in total. The van der Waals surface area contributed by atoms with Gasteiger partial charge in [0.1, 0.15) is 5.75 Å². The van der Waals surface area contributed by atoms with Crippen molar-refractivity contribution in [1.82, 2.24) is 20.4 Å². The fourth-order valence-corrected chi connectivity index (χ4v) is 6.53. The average Bonchev–Trinajstić information content (AvgIpc) is 3.37. The van der Waals surface area contributed by atoms with Gasteiger partial charge in [-0.25, -0.2) is 0 Å². The number of phenolic OH excluding ortho intramolecular Hbond substituents is 1. The van der Waals surface area contributed by atoms with Crippen molar-refractivity contribution in [1.29, 1.82) is 0 Å². The van der Waals surface area contributed by atoms with Gasteiger partial charge in [0.2, 0.25) is 0 Å². The molecule has 0 saturated heterocycles. The highest BCUT2D eigenvalue weighted by molar-refractivity contribution is 5.73. The van der Waals surface area contributed by atoms with Crippen LogP contribution in [0.2, 0.25) is 0 Å². The van der Waals surface area contributed by atoms with Crippen LogP contribution >= 0.6 is 0 Å². The highest BCUT2D eigenvalue weighted by atomic mass is 16.3. The van der Waals surface area contributed by atoms with E-state index in [-0.39, 0.29) is 5.75 Å². The third kappa shape index (κ3) is 3.46. The van der Waals surface area contributed by atoms with E-state index in [0.29, 0.717) is 34.2 Å². The molecule has 3 fully saturated rings. The van der Waals surface area contributed by atoms with Crippen LogP contribution in [0.1, 0.15) is 58.8 Å². The van der Waals surface area contributed by atoms with E-state index in [1.165, 1.54) is 44.9 Å². The molecule has 2 aromatic heterocycles. The second-order valence-electron chi connectivity index (χ2n) is 11.0. The molecule has 6 heteroatoms. The molecule has 166 valence electrons. The largest absolute Gasteiger partial charge is 0.507 e. The maximum Gasteiger partial charge on any atom is 0.151 e. The summed E-state index contributed by atoms with van der Waals surface area (Å²) in [7, 11) is 0. The highest BCUT2D eigenvalue weighted by Gasteiger charge is 2.52. The van der Waals surface area contributed by atoms with Gasteiger partial charge in [0, 0.05) is 29.4 Å². The van der Waals surface area contributed by atoms with E-state index < -0.39 is 0 Å². The average molecular weight is 430 g/mol. The van der Waals surface area contributed by atoms with Gasteiger partial charge in [-0.3, -0.25) is 5.10 Å². The molecule has 3 saturated carbocycles. The zero-order valence-corrected chi connectivity index (χ0v) is 18.9. The molecule has 2 N–H and O–H groups in total. The van der Waals surface area contributed by atoms with Gasteiger partial charge in [0.15, 0.2) is 5.82 Å². The number of H-pyrrole nitrogens is 1. The minimum Gasteiger partial charge on any atom is -0.507 e. The molecule has 3 atom stereocenters. The monoisotopic (exact) mass is 429 g/mol. The molecule has 32 heavy (non-hydrogen) atoms. The van der Waals surface area contributed by atoms with Crippen molar-refractivity contribution >= 4 is 5.82 Å². The summed E-state index contributed by atoms with van der Waals surface area (Å²) in [4.78, 5) is 2.58.